The smallest absolute Gasteiger partial charge is 0.321 e. The van der Waals surface area contributed by atoms with Gasteiger partial charge in [0.25, 0.3) is 0 Å². The number of rotatable bonds is 7. The van der Waals surface area contributed by atoms with Crippen LogP contribution in [0.4, 0.5) is 10.5 Å². The van der Waals surface area contributed by atoms with Crippen LogP contribution in [0.1, 0.15) is 19.4 Å². The highest BCUT2D eigenvalue weighted by Gasteiger charge is 2.25. The number of pyridine rings is 1. The molecule has 1 aromatic heterocycles. The van der Waals surface area contributed by atoms with Gasteiger partial charge in [-0.25, -0.2) is 17.9 Å². The molecular weight excluding hydrogens is 514 g/mol. The molecule has 204 valence electrons. The van der Waals surface area contributed by atoms with E-state index >= 15 is 0 Å². The van der Waals surface area contributed by atoms with Gasteiger partial charge in [-0.2, -0.15) is 0 Å². The van der Waals surface area contributed by atoms with Gasteiger partial charge in [-0.15, -0.1) is 0 Å². The third-order valence-corrected chi connectivity index (χ3v) is 7.97. The number of anilines is 1. The highest BCUT2D eigenvalue weighted by Crippen LogP contribution is 2.20. The number of piperazine rings is 1. The molecule has 9 nitrogen and oxygen atoms in total. The summed E-state index contributed by atoms with van der Waals surface area (Å²) in [5, 5.41) is 3.64. The number of nitrogens with zero attached hydrogens (tertiary/aromatic N) is 3. The maximum absolute atomic E-state index is 12.9. The zero-order valence-electron chi connectivity index (χ0n) is 22.3. The molecule has 4 rings (SSSR count). The van der Waals surface area contributed by atoms with Gasteiger partial charge in [0.2, 0.25) is 15.9 Å². The molecule has 1 fully saturated rings. The molecule has 0 unspecified atom stereocenters. The number of carbonyl (C=O) groups is 2. The van der Waals surface area contributed by atoms with E-state index in [4.69, 9.17) is 0 Å². The minimum Gasteiger partial charge on any atom is -0.335 e. The average Bonchev–Trinajstić information content (AvgIpc) is 2.95. The van der Waals surface area contributed by atoms with Crippen LogP contribution in [0.2, 0.25) is 0 Å². The number of allylic oxidation sites excluding steroid dienone is 2. The molecule has 0 radical (unpaired) electrons. The van der Waals surface area contributed by atoms with Crippen LogP contribution < -0.4 is 10.0 Å². The second-order valence-corrected chi connectivity index (χ2v) is 11.3. The van der Waals surface area contributed by atoms with Crippen molar-refractivity contribution in [3.63, 3.8) is 0 Å². The summed E-state index contributed by atoms with van der Waals surface area (Å²) in [5.41, 5.74) is 3.56. The molecule has 1 aliphatic rings. The molecule has 2 aromatic carbocycles. The number of aryl methyl sites for hydroxylation is 1. The standard InChI is InChI=1S/C29H33N5O4S/c1-21-10-13-25(14-11-21)32-29(36)34-18-16-33(17-19-34)28(35)23(3)12-9-22(2)20-31-39(37,38)26-8-4-6-24-7-5-15-30-27(24)26/h4-15,31H,16-20H2,1-3H3,(H,32,36)/b22-9+,23-12+. The lowest BCUT2D eigenvalue weighted by Gasteiger charge is -2.34. The summed E-state index contributed by atoms with van der Waals surface area (Å²) in [4.78, 5) is 33.3. The Bertz CT molecular complexity index is 1520. The van der Waals surface area contributed by atoms with Gasteiger partial charge in [0.05, 0.1) is 5.52 Å². The van der Waals surface area contributed by atoms with Gasteiger partial charge in [-0.05, 0) is 45.0 Å². The molecule has 0 bridgehead atoms. The number of carbonyl (C=O) groups excluding carboxylic acids is 2. The fourth-order valence-corrected chi connectivity index (χ4v) is 5.43. The number of para-hydroxylation sites is 1. The molecule has 10 heteroatoms. The summed E-state index contributed by atoms with van der Waals surface area (Å²) in [6, 6.07) is 16.0. The van der Waals surface area contributed by atoms with E-state index in [1.165, 1.54) is 6.07 Å². The molecule has 0 saturated carbocycles. The van der Waals surface area contributed by atoms with Gasteiger partial charge in [0.1, 0.15) is 4.90 Å². The van der Waals surface area contributed by atoms with Crippen molar-refractivity contribution in [2.45, 2.75) is 25.7 Å². The summed E-state index contributed by atoms with van der Waals surface area (Å²) in [6.45, 7) is 7.37. The highest BCUT2D eigenvalue weighted by atomic mass is 32.2. The Morgan fingerprint density at radius 1 is 0.923 bits per heavy atom. The molecule has 2 heterocycles. The summed E-state index contributed by atoms with van der Waals surface area (Å²) in [7, 11) is -3.77. The maximum Gasteiger partial charge on any atom is 0.321 e. The molecule has 0 spiro atoms. The second-order valence-electron chi connectivity index (χ2n) is 9.59. The zero-order valence-corrected chi connectivity index (χ0v) is 23.2. The Morgan fingerprint density at radius 2 is 1.59 bits per heavy atom. The monoisotopic (exact) mass is 547 g/mol. The first-order valence-electron chi connectivity index (χ1n) is 12.7. The first-order valence-corrected chi connectivity index (χ1v) is 14.2. The molecule has 0 atom stereocenters. The van der Waals surface area contributed by atoms with Gasteiger partial charge in [0.15, 0.2) is 0 Å². The fraction of sp³-hybridized carbons (Fsp3) is 0.276. The van der Waals surface area contributed by atoms with E-state index in [0.29, 0.717) is 37.3 Å². The fourth-order valence-electron chi connectivity index (χ4n) is 4.18. The van der Waals surface area contributed by atoms with Crippen LogP contribution in [0.15, 0.2) is 89.0 Å². The van der Waals surface area contributed by atoms with Gasteiger partial charge < -0.3 is 15.1 Å². The number of sulfonamides is 1. The van der Waals surface area contributed by atoms with Crippen LogP contribution in [-0.2, 0) is 14.8 Å². The number of amides is 3. The van der Waals surface area contributed by atoms with Crippen molar-refractivity contribution in [1.29, 1.82) is 0 Å². The Hall–Kier alpha value is -4.02. The third kappa shape index (κ3) is 7.10. The Balaban J connectivity index is 1.29. The molecule has 1 aliphatic heterocycles. The number of aromatic nitrogens is 1. The van der Waals surface area contributed by atoms with E-state index in [0.717, 1.165) is 22.2 Å². The van der Waals surface area contributed by atoms with E-state index in [1.54, 1.807) is 54.1 Å². The summed E-state index contributed by atoms with van der Waals surface area (Å²) >= 11 is 0. The van der Waals surface area contributed by atoms with E-state index in [9.17, 15) is 18.0 Å². The molecule has 0 aliphatic carbocycles. The molecule has 3 aromatic rings. The van der Waals surface area contributed by atoms with Crippen LogP contribution in [0.5, 0.6) is 0 Å². The number of hydrogen-bond donors (Lipinski definition) is 2. The second kappa shape index (κ2) is 12.2. The minimum absolute atomic E-state index is 0.0955. The summed E-state index contributed by atoms with van der Waals surface area (Å²) in [6.07, 6.45) is 5.00. The van der Waals surface area contributed by atoms with E-state index in [1.807, 2.05) is 43.3 Å². The Labute approximate surface area is 229 Å². The molecule has 1 saturated heterocycles. The van der Waals surface area contributed by atoms with Crippen molar-refractivity contribution in [2.75, 3.05) is 38.0 Å². The van der Waals surface area contributed by atoms with Crippen molar-refractivity contribution in [3.05, 3.63) is 89.7 Å². The summed E-state index contributed by atoms with van der Waals surface area (Å²) < 4.78 is 28.4. The Morgan fingerprint density at radius 3 is 2.31 bits per heavy atom. The van der Waals surface area contributed by atoms with Gasteiger partial charge in [-0.3, -0.25) is 9.78 Å². The van der Waals surface area contributed by atoms with Gasteiger partial charge in [-0.1, -0.05) is 53.6 Å². The van der Waals surface area contributed by atoms with Crippen molar-refractivity contribution >= 4 is 38.6 Å². The predicted molar refractivity (Wildman–Crippen MR) is 153 cm³/mol. The lowest BCUT2D eigenvalue weighted by Crippen LogP contribution is -2.51. The lowest BCUT2D eigenvalue weighted by molar-refractivity contribution is -0.128. The first kappa shape index (κ1) is 28.0. The number of urea groups is 1. The van der Waals surface area contributed by atoms with E-state index in [2.05, 4.69) is 15.0 Å². The number of fused-ring (bicyclic) bond motifs is 1. The SMILES string of the molecule is C/C(=C\C=C(/C)C(=O)N1CCN(C(=O)Nc2ccc(C)cc2)CC1)CNS(=O)(=O)c1cccc2cccnc12. The molecule has 2 N–H and O–H groups in total. The molecular formula is C29H33N5O4S. The average molecular weight is 548 g/mol. The van der Waals surface area contributed by atoms with Crippen LogP contribution in [0, 0.1) is 6.92 Å². The zero-order chi connectivity index (χ0) is 28.0. The predicted octanol–water partition coefficient (Wildman–Crippen LogP) is 4.09. The number of hydrogen-bond acceptors (Lipinski definition) is 5. The highest BCUT2D eigenvalue weighted by molar-refractivity contribution is 7.89. The summed E-state index contributed by atoms with van der Waals surface area (Å²) in [5.74, 6) is -0.111. The minimum atomic E-state index is -3.77. The van der Waals surface area contributed by atoms with Crippen LogP contribution in [0.3, 0.4) is 0 Å². The Kier molecular flexibility index (Phi) is 8.78. The number of benzene rings is 2. The van der Waals surface area contributed by atoms with Crippen molar-refractivity contribution < 1.29 is 18.0 Å². The maximum atomic E-state index is 12.9. The quantitative estimate of drug-likeness (QED) is 0.342. The number of nitrogens with one attached hydrogen (secondary N) is 2. The van der Waals surface area contributed by atoms with E-state index in [-0.39, 0.29) is 23.4 Å². The normalized spacial score (nSPS) is 14.9. The third-order valence-electron chi connectivity index (χ3n) is 6.54. The van der Waals surface area contributed by atoms with E-state index < -0.39 is 10.0 Å². The molecule has 39 heavy (non-hydrogen) atoms. The van der Waals surface area contributed by atoms with Crippen molar-refractivity contribution in [1.82, 2.24) is 19.5 Å². The lowest BCUT2D eigenvalue weighted by atomic mass is 10.2. The van der Waals surface area contributed by atoms with Crippen LogP contribution in [-0.4, -0.2) is 67.9 Å². The van der Waals surface area contributed by atoms with Crippen molar-refractivity contribution in [2.24, 2.45) is 0 Å². The van der Waals surface area contributed by atoms with Crippen LogP contribution >= 0.6 is 0 Å². The topological polar surface area (TPSA) is 112 Å². The first-order chi connectivity index (χ1) is 18.6. The largest absolute Gasteiger partial charge is 0.335 e. The van der Waals surface area contributed by atoms with Crippen LogP contribution in [0.25, 0.3) is 10.9 Å². The molecule has 3 amide bonds. The van der Waals surface area contributed by atoms with Gasteiger partial charge in [0, 0.05) is 55.6 Å². The van der Waals surface area contributed by atoms with Gasteiger partial charge >= 0.3 is 6.03 Å². The van der Waals surface area contributed by atoms with Crippen molar-refractivity contribution in [3.8, 4) is 0 Å².